The van der Waals surface area contributed by atoms with Gasteiger partial charge in [0.05, 0.1) is 6.61 Å². The van der Waals surface area contributed by atoms with Crippen LogP contribution in [0.15, 0.2) is 11.2 Å². The first-order valence-electron chi connectivity index (χ1n) is 6.81. The summed E-state index contributed by atoms with van der Waals surface area (Å²) in [5, 5.41) is 0.0667. The quantitative estimate of drug-likeness (QED) is 0.779. The summed E-state index contributed by atoms with van der Waals surface area (Å²) in [5.74, 6) is 0.689. The fourth-order valence-electron chi connectivity index (χ4n) is 2.22. The predicted molar refractivity (Wildman–Crippen MR) is 82.5 cm³/mol. The fraction of sp³-hybridized carbons (Fsp3) is 0.667. The molecule has 2 rings (SSSR count). The van der Waals surface area contributed by atoms with Crippen molar-refractivity contribution in [2.45, 2.75) is 37.9 Å². The van der Waals surface area contributed by atoms with Crippen molar-refractivity contribution < 1.29 is 13.2 Å². The van der Waals surface area contributed by atoms with Crippen LogP contribution in [-0.2, 0) is 21.3 Å². The number of hydrogen-bond acceptors (Lipinski definition) is 5. The van der Waals surface area contributed by atoms with Crippen molar-refractivity contribution in [1.29, 1.82) is 0 Å². The lowest BCUT2D eigenvalue weighted by Gasteiger charge is -2.30. The van der Waals surface area contributed by atoms with Gasteiger partial charge in [0.1, 0.15) is 16.9 Å². The normalized spacial score (nSPS) is 20.6. The van der Waals surface area contributed by atoms with Gasteiger partial charge in [-0.15, -0.1) is 0 Å². The van der Waals surface area contributed by atoms with E-state index in [0.717, 1.165) is 13.0 Å². The maximum Gasteiger partial charge on any atom is 0.262 e. The standard InChI is InChI=1S/C12H20N4O3S2/c1-3-4-15-8-11(14-9(15)2)21(17,18)16-5-6-19-10(7-16)12(13)20/h8,10H,3-7H2,1-2H3,(H2,13,20). The van der Waals surface area contributed by atoms with Gasteiger partial charge in [-0.05, 0) is 13.3 Å². The molecule has 0 bridgehead atoms. The van der Waals surface area contributed by atoms with Crippen LogP contribution in [0.1, 0.15) is 19.2 Å². The van der Waals surface area contributed by atoms with Crippen molar-refractivity contribution in [3.8, 4) is 0 Å². The molecule has 1 aliphatic heterocycles. The summed E-state index contributed by atoms with van der Waals surface area (Å²) in [6, 6.07) is 0. The number of hydrogen-bond donors (Lipinski definition) is 1. The molecule has 1 saturated heterocycles. The van der Waals surface area contributed by atoms with Crippen molar-refractivity contribution in [3.63, 3.8) is 0 Å². The molecule has 1 aliphatic rings. The van der Waals surface area contributed by atoms with Crippen molar-refractivity contribution in [2.24, 2.45) is 5.73 Å². The van der Waals surface area contributed by atoms with E-state index in [-0.39, 0.29) is 29.7 Å². The molecule has 21 heavy (non-hydrogen) atoms. The number of nitrogens with zero attached hydrogens (tertiary/aromatic N) is 3. The van der Waals surface area contributed by atoms with Gasteiger partial charge in [0.2, 0.25) is 0 Å². The molecule has 0 amide bonds. The van der Waals surface area contributed by atoms with Gasteiger partial charge in [-0.25, -0.2) is 13.4 Å². The molecule has 118 valence electrons. The van der Waals surface area contributed by atoms with Crippen LogP contribution in [0.3, 0.4) is 0 Å². The Morgan fingerprint density at radius 3 is 2.95 bits per heavy atom. The average molecular weight is 332 g/mol. The van der Waals surface area contributed by atoms with E-state index in [1.54, 1.807) is 13.1 Å². The minimum absolute atomic E-state index is 0.0667. The van der Waals surface area contributed by atoms with Crippen molar-refractivity contribution >= 4 is 27.2 Å². The number of aromatic nitrogens is 2. The fourth-order valence-corrected chi connectivity index (χ4v) is 3.78. The molecule has 2 N–H and O–H groups in total. The summed E-state index contributed by atoms with van der Waals surface area (Å²) >= 11 is 4.88. The number of rotatable bonds is 5. The second-order valence-electron chi connectivity index (χ2n) is 4.94. The molecule has 0 saturated carbocycles. The van der Waals surface area contributed by atoms with Gasteiger partial charge in [-0.1, -0.05) is 19.1 Å². The first-order valence-corrected chi connectivity index (χ1v) is 8.66. The highest BCUT2D eigenvalue weighted by Crippen LogP contribution is 2.19. The monoisotopic (exact) mass is 332 g/mol. The van der Waals surface area contributed by atoms with E-state index in [1.807, 2.05) is 11.5 Å². The van der Waals surface area contributed by atoms with Crippen LogP contribution >= 0.6 is 12.2 Å². The summed E-state index contributed by atoms with van der Waals surface area (Å²) in [4.78, 5) is 4.34. The molecule has 1 unspecified atom stereocenters. The summed E-state index contributed by atoms with van der Waals surface area (Å²) in [7, 11) is -3.64. The second-order valence-corrected chi connectivity index (χ2v) is 7.30. The Labute approximate surface area is 130 Å². The predicted octanol–water partition coefficient (Wildman–Crippen LogP) is 0.277. The minimum Gasteiger partial charge on any atom is -0.391 e. The van der Waals surface area contributed by atoms with Crippen LogP contribution < -0.4 is 5.73 Å². The van der Waals surface area contributed by atoms with E-state index in [9.17, 15) is 8.42 Å². The number of thiocarbonyl (C=S) groups is 1. The van der Waals surface area contributed by atoms with Gasteiger partial charge >= 0.3 is 0 Å². The third-order valence-electron chi connectivity index (χ3n) is 3.37. The molecule has 1 fully saturated rings. The molecule has 0 aliphatic carbocycles. The highest BCUT2D eigenvalue weighted by atomic mass is 32.2. The highest BCUT2D eigenvalue weighted by molar-refractivity contribution is 7.89. The molecule has 0 aromatic carbocycles. The Bertz CT molecular complexity index is 626. The largest absolute Gasteiger partial charge is 0.391 e. The third-order valence-corrected chi connectivity index (χ3v) is 5.37. The number of nitrogens with two attached hydrogens (primary N) is 1. The molecule has 2 heterocycles. The zero-order valence-electron chi connectivity index (χ0n) is 12.2. The van der Waals surface area contributed by atoms with Gasteiger partial charge in [0, 0.05) is 25.8 Å². The van der Waals surface area contributed by atoms with Crippen LogP contribution in [0.5, 0.6) is 0 Å². The lowest BCUT2D eigenvalue weighted by atomic mass is 10.3. The van der Waals surface area contributed by atoms with Crippen LogP contribution in [0.25, 0.3) is 0 Å². The van der Waals surface area contributed by atoms with E-state index in [4.69, 9.17) is 22.7 Å². The van der Waals surface area contributed by atoms with Gasteiger partial charge in [-0.2, -0.15) is 4.31 Å². The number of aryl methyl sites for hydroxylation is 2. The molecular weight excluding hydrogens is 312 g/mol. The zero-order valence-corrected chi connectivity index (χ0v) is 13.8. The Hall–Kier alpha value is -1.03. The summed E-state index contributed by atoms with van der Waals surface area (Å²) in [6.45, 7) is 5.26. The van der Waals surface area contributed by atoms with Crippen molar-refractivity contribution in [1.82, 2.24) is 13.9 Å². The molecule has 9 heteroatoms. The van der Waals surface area contributed by atoms with E-state index in [0.29, 0.717) is 5.82 Å². The maximum atomic E-state index is 12.6. The van der Waals surface area contributed by atoms with Crippen molar-refractivity contribution in [3.05, 3.63) is 12.0 Å². The first kappa shape index (κ1) is 16.3. The number of sulfonamides is 1. The molecule has 0 radical (unpaired) electrons. The highest BCUT2D eigenvalue weighted by Gasteiger charge is 2.33. The summed E-state index contributed by atoms with van der Waals surface area (Å²) in [6.07, 6.45) is 1.96. The van der Waals surface area contributed by atoms with E-state index in [2.05, 4.69) is 4.98 Å². The number of morpholine rings is 1. The summed E-state index contributed by atoms with van der Waals surface area (Å²) in [5.41, 5.74) is 5.54. The first-order chi connectivity index (χ1) is 9.86. The molecule has 1 aromatic rings. The Balaban J connectivity index is 2.25. The Kier molecular flexibility index (Phi) is 4.97. The summed E-state index contributed by atoms with van der Waals surface area (Å²) < 4.78 is 33.8. The topological polar surface area (TPSA) is 90.5 Å². The lowest BCUT2D eigenvalue weighted by molar-refractivity contribution is 0.0385. The van der Waals surface area contributed by atoms with Gasteiger partial charge in [0.25, 0.3) is 10.0 Å². The number of ether oxygens (including phenoxy) is 1. The Morgan fingerprint density at radius 2 is 2.33 bits per heavy atom. The van der Waals surface area contributed by atoms with Crippen LogP contribution in [-0.4, -0.2) is 53.1 Å². The van der Waals surface area contributed by atoms with Crippen LogP contribution in [0, 0.1) is 6.92 Å². The van der Waals surface area contributed by atoms with Gasteiger partial charge in [0.15, 0.2) is 5.03 Å². The molecule has 1 aromatic heterocycles. The van der Waals surface area contributed by atoms with Crippen LogP contribution in [0.2, 0.25) is 0 Å². The SMILES string of the molecule is CCCn1cc(S(=O)(=O)N2CCOC(C(N)=S)C2)nc1C. The average Bonchev–Trinajstić information content (AvgIpc) is 2.81. The van der Waals surface area contributed by atoms with E-state index in [1.165, 1.54) is 4.31 Å². The van der Waals surface area contributed by atoms with E-state index < -0.39 is 16.1 Å². The minimum atomic E-state index is -3.64. The van der Waals surface area contributed by atoms with Gasteiger partial charge in [-0.3, -0.25) is 0 Å². The zero-order chi connectivity index (χ0) is 15.6. The molecule has 0 spiro atoms. The molecular formula is C12H20N4O3S2. The maximum absolute atomic E-state index is 12.6. The molecule has 7 nitrogen and oxygen atoms in total. The van der Waals surface area contributed by atoms with Crippen LogP contribution in [0.4, 0.5) is 0 Å². The lowest BCUT2D eigenvalue weighted by Crippen LogP contribution is -2.49. The third kappa shape index (κ3) is 3.42. The van der Waals surface area contributed by atoms with Crippen molar-refractivity contribution in [2.75, 3.05) is 19.7 Å². The van der Waals surface area contributed by atoms with E-state index >= 15 is 0 Å². The van der Waals surface area contributed by atoms with Gasteiger partial charge < -0.3 is 15.0 Å². The second kappa shape index (κ2) is 6.39. The molecule has 1 atom stereocenters. The number of imidazole rings is 1. The Morgan fingerprint density at radius 1 is 1.62 bits per heavy atom. The smallest absolute Gasteiger partial charge is 0.262 e.